The highest BCUT2D eigenvalue weighted by Gasteiger charge is 2.31. The molecule has 0 spiro atoms. The lowest BCUT2D eigenvalue weighted by Crippen LogP contribution is -2.40. The number of anilines is 2. The third-order valence-corrected chi connectivity index (χ3v) is 6.91. The molecule has 0 radical (unpaired) electrons. The second kappa shape index (κ2) is 11.2. The number of rotatable bonds is 7. The number of carbonyl (C=O) groups excluding carboxylic acids is 1. The first-order valence-electron chi connectivity index (χ1n) is 12.7. The van der Waals surface area contributed by atoms with Crippen molar-refractivity contribution >= 4 is 23.1 Å². The number of imidazole rings is 1. The van der Waals surface area contributed by atoms with E-state index >= 15 is 0 Å². The van der Waals surface area contributed by atoms with Crippen LogP contribution in [0.1, 0.15) is 40.5 Å². The quantitative estimate of drug-likeness (QED) is 0.273. The number of alkyl halides is 3. The minimum Gasteiger partial charge on any atom is -0.394 e. The molecular weight excluding hydrogens is 527 g/mol. The Labute approximate surface area is 227 Å². The highest BCUT2D eigenvalue weighted by molar-refractivity contribution is 6.04. The van der Waals surface area contributed by atoms with Gasteiger partial charge >= 0.3 is 6.18 Å². The average Bonchev–Trinajstić information content (AvgIpc) is 3.34. The summed E-state index contributed by atoms with van der Waals surface area (Å²) in [7, 11) is 0. The van der Waals surface area contributed by atoms with Gasteiger partial charge in [0.15, 0.2) is 0 Å². The number of nitrogens with one attached hydrogen (secondary N) is 1. The zero-order valence-electron chi connectivity index (χ0n) is 21.3. The number of aliphatic hydroxyl groups excluding tert-OH is 2. The van der Waals surface area contributed by atoms with Gasteiger partial charge in [-0.3, -0.25) is 14.1 Å². The maximum absolute atomic E-state index is 13.0. The Morgan fingerprint density at radius 3 is 2.67 bits per heavy atom. The first-order valence-corrected chi connectivity index (χ1v) is 12.7. The molecule has 2 unspecified atom stereocenters. The maximum Gasteiger partial charge on any atom is 0.416 e. The van der Waals surface area contributed by atoms with Crippen molar-refractivity contribution in [1.82, 2.24) is 24.3 Å². The van der Waals surface area contributed by atoms with Gasteiger partial charge in [-0.2, -0.15) is 13.2 Å². The molecule has 10 nitrogen and oxygen atoms in total. The number of hydrogen-bond donors (Lipinski definition) is 4. The fourth-order valence-corrected chi connectivity index (χ4v) is 5.01. The number of amides is 1. The summed E-state index contributed by atoms with van der Waals surface area (Å²) in [5.41, 5.74) is 7.46. The second-order valence-electron chi connectivity index (χ2n) is 9.74. The molecule has 0 saturated carbocycles. The number of aromatic nitrogens is 4. The van der Waals surface area contributed by atoms with Gasteiger partial charge in [-0.15, -0.1) is 0 Å². The van der Waals surface area contributed by atoms with Crippen LogP contribution in [0.3, 0.4) is 0 Å². The van der Waals surface area contributed by atoms with Crippen molar-refractivity contribution in [1.29, 1.82) is 0 Å². The van der Waals surface area contributed by atoms with Gasteiger partial charge in [0.2, 0.25) is 0 Å². The number of nitrogens with zero attached hydrogens (tertiary/aromatic N) is 5. The van der Waals surface area contributed by atoms with Crippen molar-refractivity contribution in [2.45, 2.75) is 31.0 Å². The summed E-state index contributed by atoms with van der Waals surface area (Å²) in [4.78, 5) is 27.8. The van der Waals surface area contributed by atoms with Gasteiger partial charge < -0.3 is 21.3 Å². The lowest BCUT2D eigenvalue weighted by molar-refractivity contribution is -0.137. The lowest BCUT2D eigenvalue weighted by Gasteiger charge is -2.33. The van der Waals surface area contributed by atoms with E-state index in [-0.39, 0.29) is 29.7 Å². The lowest BCUT2D eigenvalue weighted by atomic mass is 9.97. The molecule has 1 fully saturated rings. The minimum absolute atomic E-state index is 0.0488. The summed E-state index contributed by atoms with van der Waals surface area (Å²) in [6, 6.07) is 8.09. The molecule has 5 rings (SSSR count). The number of β-amino-alcohol motifs (C(OH)–C–C–N with tert-alkyl or cyclic N) is 1. The molecule has 210 valence electrons. The largest absolute Gasteiger partial charge is 0.416 e. The van der Waals surface area contributed by atoms with Crippen LogP contribution in [-0.2, 0) is 6.18 Å². The van der Waals surface area contributed by atoms with Crippen molar-refractivity contribution in [2.75, 3.05) is 37.3 Å². The Morgan fingerprint density at radius 2 is 1.95 bits per heavy atom. The van der Waals surface area contributed by atoms with Gasteiger partial charge in [0, 0.05) is 48.7 Å². The first-order chi connectivity index (χ1) is 19.1. The second-order valence-corrected chi connectivity index (χ2v) is 9.74. The molecule has 3 aromatic heterocycles. The molecule has 1 aromatic carbocycles. The van der Waals surface area contributed by atoms with Gasteiger partial charge in [-0.1, -0.05) is 12.1 Å². The fraction of sp³-hybridized carbons (Fsp3) is 0.333. The van der Waals surface area contributed by atoms with E-state index < -0.39 is 23.8 Å². The molecule has 13 heteroatoms. The van der Waals surface area contributed by atoms with Crippen LogP contribution in [0.5, 0.6) is 0 Å². The van der Waals surface area contributed by atoms with Crippen LogP contribution >= 0.6 is 0 Å². The molecule has 2 atom stereocenters. The monoisotopic (exact) mass is 555 g/mol. The topological polar surface area (TPSA) is 142 Å². The van der Waals surface area contributed by atoms with E-state index in [1.807, 2.05) is 4.40 Å². The van der Waals surface area contributed by atoms with Crippen LogP contribution < -0.4 is 11.1 Å². The molecule has 1 aliphatic heterocycles. The van der Waals surface area contributed by atoms with Crippen LogP contribution in [0, 0.1) is 0 Å². The molecular formula is C27H28F3N7O3. The summed E-state index contributed by atoms with van der Waals surface area (Å²) in [5, 5.41) is 21.5. The summed E-state index contributed by atoms with van der Waals surface area (Å²) in [6.45, 7) is 1.53. The predicted octanol–water partition coefficient (Wildman–Crippen LogP) is 3.18. The normalized spacial score (nSPS) is 17.2. The van der Waals surface area contributed by atoms with Gasteiger partial charge in [0.05, 0.1) is 18.3 Å². The molecule has 4 aromatic rings. The molecule has 0 bridgehead atoms. The highest BCUT2D eigenvalue weighted by Crippen LogP contribution is 2.34. The van der Waals surface area contributed by atoms with E-state index in [0.717, 1.165) is 43.5 Å². The molecule has 4 heterocycles. The van der Waals surface area contributed by atoms with Gasteiger partial charge in [-0.25, -0.2) is 15.0 Å². The van der Waals surface area contributed by atoms with Crippen molar-refractivity contribution in [3.05, 3.63) is 71.9 Å². The average molecular weight is 556 g/mol. The Kier molecular flexibility index (Phi) is 7.70. The van der Waals surface area contributed by atoms with Crippen LogP contribution in [0.2, 0.25) is 0 Å². The van der Waals surface area contributed by atoms with E-state index in [1.165, 1.54) is 0 Å². The maximum atomic E-state index is 13.0. The van der Waals surface area contributed by atoms with E-state index in [0.29, 0.717) is 29.9 Å². The van der Waals surface area contributed by atoms with E-state index in [1.54, 1.807) is 36.7 Å². The third kappa shape index (κ3) is 5.76. The number of nitrogen functional groups attached to an aromatic ring is 1. The summed E-state index contributed by atoms with van der Waals surface area (Å²) in [6.07, 6.45) is 0.802. The standard InChI is InChI=1S/C27H28F3N7O3/c28-27(29,30)19-7-8-32-21(12-19)34-26(40)17-5-3-16(4-6-17)22-23-24(31)33-9-11-37(23)25(35-22)18-2-1-10-36(13-18)14-20(39)15-38/h3-9,11-12,18,20,38-39H,1-2,10,13-15H2,(H2,31,33)(H,32,34,40). The first kappa shape index (κ1) is 27.5. The van der Waals surface area contributed by atoms with Crippen molar-refractivity contribution in [3.8, 4) is 11.3 Å². The molecule has 40 heavy (non-hydrogen) atoms. The zero-order chi connectivity index (χ0) is 28.4. The number of pyridine rings is 1. The van der Waals surface area contributed by atoms with Crippen molar-refractivity contribution < 1.29 is 28.2 Å². The molecule has 5 N–H and O–H groups in total. The summed E-state index contributed by atoms with van der Waals surface area (Å²) >= 11 is 0. The van der Waals surface area contributed by atoms with Gasteiger partial charge in [0.1, 0.15) is 28.7 Å². The number of halogens is 3. The Bertz CT molecular complexity index is 1510. The van der Waals surface area contributed by atoms with E-state index in [2.05, 4.69) is 20.2 Å². The fourth-order valence-electron chi connectivity index (χ4n) is 5.01. The summed E-state index contributed by atoms with van der Waals surface area (Å²) in [5.74, 6) is 0.312. The number of piperidine rings is 1. The van der Waals surface area contributed by atoms with Crippen LogP contribution in [0.4, 0.5) is 24.8 Å². The van der Waals surface area contributed by atoms with Crippen LogP contribution in [0.15, 0.2) is 55.0 Å². The van der Waals surface area contributed by atoms with Gasteiger partial charge in [0.25, 0.3) is 5.91 Å². The smallest absolute Gasteiger partial charge is 0.394 e. The molecule has 0 aliphatic carbocycles. The zero-order valence-corrected chi connectivity index (χ0v) is 21.3. The number of carbonyl (C=O) groups is 1. The number of fused-ring (bicyclic) bond motifs is 1. The van der Waals surface area contributed by atoms with Crippen molar-refractivity contribution in [3.63, 3.8) is 0 Å². The number of likely N-dealkylation sites (tertiary alicyclic amines) is 1. The molecule has 1 amide bonds. The number of benzene rings is 1. The minimum atomic E-state index is -4.55. The third-order valence-electron chi connectivity index (χ3n) is 6.91. The summed E-state index contributed by atoms with van der Waals surface area (Å²) < 4.78 is 40.9. The predicted molar refractivity (Wildman–Crippen MR) is 142 cm³/mol. The number of aliphatic hydroxyl groups is 2. The van der Waals surface area contributed by atoms with E-state index in [4.69, 9.17) is 10.7 Å². The Balaban J connectivity index is 1.40. The molecule has 1 saturated heterocycles. The van der Waals surface area contributed by atoms with Crippen LogP contribution in [0.25, 0.3) is 16.8 Å². The number of hydrogen-bond acceptors (Lipinski definition) is 8. The molecule has 1 aliphatic rings. The SMILES string of the molecule is Nc1nccn2c(C3CCCN(CC(O)CO)C3)nc(-c3ccc(C(=O)Nc4cc(C(F)(F)F)ccn4)cc3)c12. The van der Waals surface area contributed by atoms with E-state index in [9.17, 15) is 28.2 Å². The van der Waals surface area contributed by atoms with Crippen molar-refractivity contribution in [2.24, 2.45) is 0 Å². The Hall–Kier alpha value is -4.07. The Morgan fingerprint density at radius 1 is 1.18 bits per heavy atom. The van der Waals surface area contributed by atoms with Crippen LogP contribution in [-0.4, -0.2) is 72.7 Å². The number of nitrogens with two attached hydrogens (primary N) is 1. The van der Waals surface area contributed by atoms with Gasteiger partial charge in [-0.05, 0) is 43.7 Å². The highest BCUT2D eigenvalue weighted by atomic mass is 19.4.